The number of aromatic carboxylic acids is 1. The van der Waals surface area contributed by atoms with Gasteiger partial charge in [-0.2, -0.15) is 5.26 Å². The predicted molar refractivity (Wildman–Crippen MR) is 35.4 cm³/mol. The van der Waals surface area contributed by atoms with Crippen molar-refractivity contribution in [2.75, 3.05) is 0 Å². The molecule has 1 aromatic rings. The molecule has 4 heteroatoms. The van der Waals surface area contributed by atoms with E-state index in [1.165, 1.54) is 0 Å². The number of nitriles is 1. The Labute approximate surface area is 67.7 Å². The second-order valence-corrected chi connectivity index (χ2v) is 2.13. The van der Waals surface area contributed by atoms with Gasteiger partial charge in [0.25, 0.3) is 0 Å². The molecule has 0 amide bonds. The van der Waals surface area contributed by atoms with Gasteiger partial charge in [-0.05, 0) is 18.2 Å². The van der Waals surface area contributed by atoms with Gasteiger partial charge >= 0.3 is 0 Å². The van der Waals surface area contributed by atoms with Crippen molar-refractivity contribution in [1.29, 1.82) is 5.26 Å². The molecule has 12 heavy (non-hydrogen) atoms. The number of carbonyl (C=O) groups is 1. The summed E-state index contributed by atoms with van der Waals surface area (Å²) in [5.41, 5.74) is -0.360. The third-order valence-corrected chi connectivity index (χ3v) is 1.26. The van der Waals surface area contributed by atoms with Crippen LogP contribution in [0.15, 0.2) is 18.2 Å². The van der Waals surface area contributed by atoms with Crippen molar-refractivity contribution in [3.63, 3.8) is 0 Å². The fourth-order valence-electron chi connectivity index (χ4n) is 0.772. The number of carboxylic acids is 1. The topological polar surface area (TPSA) is 63.9 Å². The van der Waals surface area contributed by atoms with E-state index < -0.39 is 11.8 Å². The Morgan fingerprint density at radius 3 is 2.67 bits per heavy atom. The monoisotopic (exact) mass is 164 g/mol. The van der Waals surface area contributed by atoms with Gasteiger partial charge in [-0.1, -0.05) is 0 Å². The van der Waals surface area contributed by atoms with Crippen LogP contribution in [0.25, 0.3) is 0 Å². The highest BCUT2D eigenvalue weighted by molar-refractivity contribution is 5.86. The van der Waals surface area contributed by atoms with E-state index in [1.807, 2.05) is 0 Å². The Kier molecular flexibility index (Phi) is 2.06. The standard InChI is InChI=1S/C8H4FNO2/c9-7-2-5(4-10)1-6(3-7)8(11)12/h1-3H,(H,11,12)/p-1. The smallest absolute Gasteiger partial charge is 0.125 e. The van der Waals surface area contributed by atoms with Crippen molar-refractivity contribution < 1.29 is 14.3 Å². The summed E-state index contributed by atoms with van der Waals surface area (Å²) in [6.45, 7) is 0. The second kappa shape index (κ2) is 3.01. The van der Waals surface area contributed by atoms with E-state index in [9.17, 15) is 14.3 Å². The van der Waals surface area contributed by atoms with Crippen LogP contribution >= 0.6 is 0 Å². The third-order valence-electron chi connectivity index (χ3n) is 1.26. The van der Waals surface area contributed by atoms with Crippen molar-refractivity contribution in [1.82, 2.24) is 0 Å². The molecule has 1 aromatic carbocycles. The van der Waals surface area contributed by atoms with Crippen molar-refractivity contribution in [2.45, 2.75) is 0 Å². The molecule has 0 fully saturated rings. The van der Waals surface area contributed by atoms with E-state index in [1.54, 1.807) is 6.07 Å². The number of benzene rings is 1. The van der Waals surface area contributed by atoms with E-state index in [4.69, 9.17) is 5.26 Å². The van der Waals surface area contributed by atoms with E-state index in [0.29, 0.717) is 0 Å². The molecule has 0 saturated heterocycles. The van der Waals surface area contributed by atoms with Crippen molar-refractivity contribution in [2.24, 2.45) is 0 Å². The summed E-state index contributed by atoms with van der Waals surface area (Å²) in [6.07, 6.45) is 0. The predicted octanol–water partition coefficient (Wildman–Crippen LogP) is 0.0609. The van der Waals surface area contributed by atoms with Gasteiger partial charge in [0.2, 0.25) is 0 Å². The molecule has 0 atom stereocenters. The van der Waals surface area contributed by atoms with E-state index >= 15 is 0 Å². The maximum atomic E-state index is 12.5. The molecule has 0 aliphatic heterocycles. The Bertz CT molecular complexity index is 368. The summed E-state index contributed by atoms with van der Waals surface area (Å²) in [7, 11) is 0. The molecule has 0 bridgehead atoms. The van der Waals surface area contributed by atoms with Crippen LogP contribution in [0.5, 0.6) is 0 Å². The molecule has 0 radical (unpaired) electrons. The van der Waals surface area contributed by atoms with Crippen LogP contribution in [-0.4, -0.2) is 5.97 Å². The first-order valence-electron chi connectivity index (χ1n) is 3.05. The Balaban J connectivity index is 3.26. The fraction of sp³-hybridized carbons (Fsp3) is 0. The van der Waals surface area contributed by atoms with Crippen LogP contribution in [0.3, 0.4) is 0 Å². The van der Waals surface area contributed by atoms with Gasteiger partial charge in [-0.3, -0.25) is 0 Å². The normalized spacial score (nSPS) is 9.00. The van der Waals surface area contributed by atoms with E-state index in [2.05, 4.69) is 0 Å². The minimum Gasteiger partial charge on any atom is -0.545 e. The second-order valence-electron chi connectivity index (χ2n) is 2.13. The first kappa shape index (κ1) is 8.21. The van der Waals surface area contributed by atoms with Crippen LogP contribution in [0.4, 0.5) is 4.39 Å². The van der Waals surface area contributed by atoms with Crippen LogP contribution in [0.1, 0.15) is 15.9 Å². The minimum atomic E-state index is -1.49. The average Bonchev–Trinajstić information content (AvgIpc) is 2.03. The van der Waals surface area contributed by atoms with Gasteiger partial charge in [0.05, 0.1) is 17.6 Å². The fourth-order valence-corrected chi connectivity index (χ4v) is 0.772. The van der Waals surface area contributed by atoms with E-state index in [0.717, 1.165) is 18.2 Å². The number of hydrogen-bond acceptors (Lipinski definition) is 3. The van der Waals surface area contributed by atoms with Crippen LogP contribution in [-0.2, 0) is 0 Å². The first-order chi connectivity index (χ1) is 5.63. The Morgan fingerprint density at radius 1 is 1.50 bits per heavy atom. The highest BCUT2D eigenvalue weighted by atomic mass is 19.1. The quantitative estimate of drug-likeness (QED) is 0.589. The average molecular weight is 164 g/mol. The molecule has 0 aromatic heterocycles. The van der Waals surface area contributed by atoms with Crippen LogP contribution < -0.4 is 5.11 Å². The number of rotatable bonds is 1. The summed E-state index contributed by atoms with van der Waals surface area (Å²) in [5.74, 6) is -2.25. The zero-order valence-corrected chi connectivity index (χ0v) is 5.87. The Hall–Kier alpha value is -1.89. The molecule has 60 valence electrons. The van der Waals surface area contributed by atoms with Crippen molar-refractivity contribution in [3.05, 3.63) is 35.1 Å². The molecule has 0 aliphatic rings. The largest absolute Gasteiger partial charge is 0.545 e. The minimum absolute atomic E-state index is 0.0331. The van der Waals surface area contributed by atoms with Crippen molar-refractivity contribution >= 4 is 5.97 Å². The number of carbonyl (C=O) groups excluding carboxylic acids is 1. The lowest BCUT2D eigenvalue weighted by Crippen LogP contribution is -2.22. The molecular formula is C8H3FNO2-. The molecule has 0 N–H and O–H groups in total. The Morgan fingerprint density at radius 2 is 2.17 bits per heavy atom. The van der Waals surface area contributed by atoms with Crippen LogP contribution in [0, 0.1) is 17.1 Å². The van der Waals surface area contributed by atoms with Gasteiger partial charge in [-0.15, -0.1) is 0 Å². The molecule has 0 saturated carbocycles. The molecule has 0 unspecified atom stereocenters. The van der Waals surface area contributed by atoms with E-state index in [-0.39, 0.29) is 11.1 Å². The summed E-state index contributed by atoms with van der Waals surface area (Å²) in [6, 6.07) is 4.44. The molecule has 0 aliphatic carbocycles. The highest BCUT2D eigenvalue weighted by Crippen LogP contribution is 2.07. The van der Waals surface area contributed by atoms with Gasteiger partial charge in [0.1, 0.15) is 5.82 Å². The van der Waals surface area contributed by atoms with Gasteiger partial charge in [0.15, 0.2) is 0 Å². The van der Waals surface area contributed by atoms with Gasteiger partial charge in [-0.25, -0.2) is 4.39 Å². The lowest BCUT2D eigenvalue weighted by atomic mass is 10.1. The summed E-state index contributed by atoms with van der Waals surface area (Å²) in [4.78, 5) is 10.2. The number of halogens is 1. The highest BCUT2D eigenvalue weighted by Gasteiger charge is 2.00. The van der Waals surface area contributed by atoms with Gasteiger partial charge < -0.3 is 9.90 Å². The third kappa shape index (κ3) is 1.58. The molecule has 0 heterocycles. The first-order valence-corrected chi connectivity index (χ1v) is 3.05. The van der Waals surface area contributed by atoms with Crippen LogP contribution in [0.2, 0.25) is 0 Å². The van der Waals surface area contributed by atoms with Gasteiger partial charge in [0, 0.05) is 5.56 Å². The zero-order valence-electron chi connectivity index (χ0n) is 5.87. The zero-order chi connectivity index (χ0) is 9.14. The molecular weight excluding hydrogens is 161 g/mol. The maximum Gasteiger partial charge on any atom is 0.125 e. The molecule has 0 spiro atoms. The van der Waals surface area contributed by atoms with Crippen molar-refractivity contribution in [3.8, 4) is 6.07 Å². The lowest BCUT2D eigenvalue weighted by molar-refractivity contribution is -0.255. The number of nitrogens with zero attached hydrogens (tertiary/aromatic N) is 1. The maximum absolute atomic E-state index is 12.5. The lowest BCUT2D eigenvalue weighted by Gasteiger charge is -2.01. The number of hydrogen-bond donors (Lipinski definition) is 0. The SMILES string of the molecule is N#Cc1cc(F)cc(C(=O)[O-])c1. The summed E-state index contributed by atoms with van der Waals surface area (Å²) < 4.78 is 12.5. The summed E-state index contributed by atoms with van der Waals surface area (Å²) in [5, 5.41) is 18.6. The summed E-state index contributed by atoms with van der Waals surface area (Å²) >= 11 is 0. The molecule has 3 nitrogen and oxygen atoms in total. The molecule has 1 rings (SSSR count). The number of carboxylic acid groups (broad SMARTS) is 1.